The van der Waals surface area contributed by atoms with Crippen LogP contribution >= 0.6 is 0 Å². The van der Waals surface area contributed by atoms with Gasteiger partial charge in [-0.1, -0.05) is 17.2 Å². The second-order valence-electron chi connectivity index (χ2n) is 5.32. The molecule has 0 saturated carbocycles. The highest BCUT2D eigenvalue weighted by Crippen LogP contribution is 2.49. The highest BCUT2D eigenvalue weighted by Gasteiger charge is 2.36. The number of allylic oxidation sites excluding steroid dienone is 8. The van der Waals surface area contributed by atoms with E-state index in [0.717, 1.165) is 6.42 Å². The molecule has 0 heterocycles. The lowest BCUT2D eigenvalue weighted by Gasteiger charge is -2.27. The lowest BCUT2D eigenvalue weighted by Crippen LogP contribution is -2.17. The summed E-state index contributed by atoms with van der Waals surface area (Å²) >= 11 is 0. The minimum absolute atomic E-state index is 0.0481. The van der Waals surface area contributed by atoms with Gasteiger partial charge in [-0.15, -0.1) is 0 Å². The molecule has 1 radical (unpaired) electrons. The monoisotopic (exact) mass is 213 g/mol. The van der Waals surface area contributed by atoms with Crippen LogP contribution in [0.15, 0.2) is 39.5 Å². The van der Waals surface area contributed by atoms with Gasteiger partial charge >= 0.3 is 0 Å². The first-order valence-corrected chi connectivity index (χ1v) is 6.05. The molecule has 0 amide bonds. The molecule has 0 N–H and O–H groups in total. The van der Waals surface area contributed by atoms with Crippen LogP contribution in [0.5, 0.6) is 0 Å². The van der Waals surface area contributed by atoms with E-state index in [1.807, 2.05) is 0 Å². The molecule has 0 aromatic carbocycles. The average Bonchev–Trinajstić information content (AvgIpc) is 2.65. The minimum Gasteiger partial charge on any atom is -0.0772 e. The van der Waals surface area contributed by atoms with Crippen LogP contribution in [0, 0.1) is 11.5 Å². The molecule has 16 heavy (non-hydrogen) atoms. The third-order valence-corrected chi connectivity index (χ3v) is 4.57. The van der Waals surface area contributed by atoms with Crippen molar-refractivity contribution in [1.82, 2.24) is 0 Å². The Morgan fingerprint density at radius 2 is 1.69 bits per heavy atom. The van der Waals surface area contributed by atoms with E-state index >= 15 is 0 Å². The first-order valence-electron chi connectivity index (χ1n) is 6.05. The normalized spacial score (nSPS) is 30.1. The molecule has 1 atom stereocenters. The topological polar surface area (TPSA) is 0 Å². The highest BCUT2D eigenvalue weighted by molar-refractivity contribution is 5.53. The maximum Gasteiger partial charge on any atom is 0.0360 e. The van der Waals surface area contributed by atoms with Gasteiger partial charge in [0.25, 0.3) is 0 Å². The number of hydrogen-bond donors (Lipinski definition) is 0. The molecule has 2 aliphatic rings. The molecule has 0 heteroatoms. The summed E-state index contributed by atoms with van der Waals surface area (Å²) in [6.45, 7) is 13.4. The van der Waals surface area contributed by atoms with Gasteiger partial charge in [0.15, 0.2) is 0 Å². The molecule has 0 aliphatic heterocycles. The van der Waals surface area contributed by atoms with E-state index in [9.17, 15) is 0 Å². The van der Waals surface area contributed by atoms with E-state index < -0.39 is 0 Å². The van der Waals surface area contributed by atoms with E-state index in [1.54, 1.807) is 5.57 Å². The second kappa shape index (κ2) is 3.48. The van der Waals surface area contributed by atoms with E-state index in [1.165, 1.54) is 27.9 Å². The van der Waals surface area contributed by atoms with Crippen molar-refractivity contribution in [2.75, 3.05) is 0 Å². The van der Waals surface area contributed by atoms with E-state index in [4.69, 9.17) is 0 Å². The molecule has 2 aliphatic carbocycles. The summed E-state index contributed by atoms with van der Waals surface area (Å²) in [7, 11) is 0. The average molecular weight is 213 g/mol. The van der Waals surface area contributed by atoms with E-state index in [2.05, 4.69) is 53.7 Å². The van der Waals surface area contributed by atoms with Crippen LogP contribution in [-0.4, -0.2) is 0 Å². The summed E-state index contributed by atoms with van der Waals surface area (Å²) in [5, 5.41) is 0. The van der Waals surface area contributed by atoms with Crippen molar-refractivity contribution in [1.29, 1.82) is 0 Å². The zero-order valence-electron chi connectivity index (χ0n) is 11.3. The molecule has 1 unspecified atom stereocenters. The van der Waals surface area contributed by atoms with Crippen LogP contribution in [0.1, 0.15) is 48.0 Å². The van der Waals surface area contributed by atoms with Crippen LogP contribution in [-0.2, 0) is 0 Å². The molecular weight excluding hydrogens is 192 g/mol. The Kier molecular flexibility index (Phi) is 2.49. The van der Waals surface area contributed by atoms with Crippen molar-refractivity contribution in [2.24, 2.45) is 5.41 Å². The molecule has 85 valence electrons. The molecule has 0 fully saturated rings. The molecule has 2 rings (SSSR count). The van der Waals surface area contributed by atoms with Gasteiger partial charge in [0.05, 0.1) is 0 Å². The maximum absolute atomic E-state index is 3.67. The van der Waals surface area contributed by atoms with Crippen molar-refractivity contribution in [3.8, 4) is 0 Å². The summed E-state index contributed by atoms with van der Waals surface area (Å²) in [4.78, 5) is 0. The lowest BCUT2D eigenvalue weighted by molar-refractivity contribution is 0.588. The largest absolute Gasteiger partial charge is 0.0772 e. The molecule has 0 spiro atoms. The predicted molar refractivity (Wildman–Crippen MR) is 70.0 cm³/mol. The highest BCUT2D eigenvalue weighted by atomic mass is 14.4. The van der Waals surface area contributed by atoms with Crippen molar-refractivity contribution in [3.05, 3.63) is 45.6 Å². The zero-order chi connectivity index (χ0) is 12.1. The Labute approximate surface area is 99.4 Å². The van der Waals surface area contributed by atoms with Crippen molar-refractivity contribution < 1.29 is 0 Å². The summed E-state index contributed by atoms with van der Waals surface area (Å²) < 4.78 is 0. The van der Waals surface area contributed by atoms with Gasteiger partial charge in [0.2, 0.25) is 0 Å². The van der Waals surface area contributed by atoms with Crippen LogP contribution in [0.2, 0.25) is 0 Å². The number of rotatable bonds is 1. The van der Waals surface area contributed by atoms with Crippen LogP contribution in [0.25, 0.3) is 0 Å². The molecule has 0 aromatic rings. The van der Waals surface area contributed by atoms with Gasteiger partial charge in [-0.25, -0.2) is 0 Å². The molecular formula is C16H21. The fourth-order valence-corrected chi connectivity index (χ4v) is 2.90. The first kappa shape index (κ1) is 11.4. The first-order chi connectivity index (χ1) is 7.38. The Bertz CT molecular complexity index is 466. The van der Waals surface area contributed by atoms with Crippen molar-refractivity contribution >= 4 is 0 Å². The zero-order valence-corrected chi connectivity index (χ0v) is 11.3. The molecule has 0 saturated heterocycles. The molecule has 0 nitrogen and oxygen atoms in total. The third kappa shape index (κ3) is 1.36. The standard InChI is InChI=1S/C16H21/c1-10-7-8-15(13(10)4)16(6)9-11(2)12(3)14(16)5/h7H,8H2,1-6H3. The quantitative estimate of drug-likeness (QED) is 0.589. The maximum atomic E-state index is 3.67. The SMILES string of the molecule is CC1=[C]C(C)(C2=C(C)C(C)=CC2)C(C)=C1C. The second-order valence-corrected chi connectivity index (χ2v) is 5.32. The Morgan fingerprint density at radius 3 is 2.06 bits per heavy atom. The smallest absolute Gasteiger partial charge is 0.0360 e. The molecule has 0 aromatic heterocycles. The van der Waals surface area contributed by atoms with Gasteiger partial charge in [-0.3, -0.25) is 0 Å². The Morgan fingerprint density at radius 1 is 1.06 bits per heavy atom. The fraction of sp³-hybridized carbons (Fsp3) is 0.500. The van der Waals surface area contributed by atoms with E-state index in [0.29, 0.717) is 0 Å². The van der Waals surface area contributed by atoms with E-state index in [-0.39, 0.29) is 5.41 Å². The van der Waals surface area contributed by atoms with Crippen LogP contribution < -0.4 is 0 Å². The van der Waals surface area contributed by atoms with Crippen LogP contribution in [0.4, 0.5) is 0 Å². The lowest BCUT2D eigenvalue weighted by atomic mass is 9.75. The third-order valence-electron chi connectivity index (χ3n) is 4.57. The van der Waals surface area contributed by atoms with Gasteiger partial charge in [0, 0.05) is 5.41 Å². The fourth-order valence-electron chi connectivity index (χ4n) is 2.90. The molecule has 0 bridgehead atoms. The summed E-state index contributed by atoms with van der Waals surface area (Å²) in [6.07, 6.45) is 7.11. The van der Waals surface area contributed by atoms with Gasteiger partial charge in [0.1, 0.15) is 0 Å². The van der Waals surface area contributed by atoms with Gasteiger partial charge < -0.3 is 0 Å². The number of hydrogen-bond acceptors (Lipinski definition) is 0. The summed E-state index contributed by atoms with van der Waals surface area (Å²) in [5.74, 6) is 0. The summed E-state index contributed by atoms with van der Waals surface area (Å²) in [6, 6.07) is 0. The predicted octanol–water partition coefficient (Wildman–Crippen LogP) is 4.76. The Balaban J connectivity index is 2.53. The van der Waals surface area contributed by atoms with Crippen molar-refractivity contribution in [2.45, 2.75) is 48.0 Å². The van der Waals surface area contributed by atoms with Gasteiger partial charge in [-0.05, 0) is 76.3 Å². The summed E-state index contributed by atoms with van der Waals surface area (Å²) in [5.41, 5.74) is 8.72. The van der Waals surface area contributed by atoms with Crippen molar-refractivity contribution in [3.63, 3.8) is 0 Å². The minimum atomic E-state index is 0.0481. The van der Waals surface area contributed by atoms with Crippen LogP contribution in [0.3, 0.4) is 0 Å². The Hall–Kier alpha value is -1.04. The van der Waals surface area contributed by atoms with Gasteiger partial charge in [-0.2, -0.15) is 0 Å².